The van der Waals surface area contributed by atoms with E-state index in [1.165, 1.54) is 12.0 Å². The first-order valence-electron chi connectivity index (χ1n) is 7.33. The van der Waals surface area contributed by atoms with Gasteiger partial charge in [0.2, 0.25) is 11.8 Å². The summed E-state index contributed by atoms with van der Waals surface area (Å²) in [6.07, 6.45) is 3.82. The molecular formula is C17H17NO4. The summed E-state index contributed by atoms with van der Waals surface area (Å²) in [4.78, 5) is 27.1. The smallest absolute Gasteiger partial charge is 0.241 e. The summed E-state index contributed by atoms with van der Waals surface area (Å²) >= 11 is 0. The van der Waals surface area contributed by atoms with Gasteiger partial charge >= 0.3 is 0 Å². The average Bonchev–Trinajstić information content (AvgIpc) is 3.04. The third kappa shape index (κ3) is 1.42. The lowest BCUT2D eigenvalue weighted by molar-refractivity contribution is -0.128. The molecule has 2 bridgehead atoms. The molecule has 0 radical (unpaired) electrons. The maximum Gasteiger partial charge on any atom is 0.241 e. The molecule has 2 fully saturated rings. The highest BCUT2D eigenvalue weighted by Gasteiger charge is 2.70. The molecule has 4 rings (SSSR count). The Labute approximate surface area is 128 Å². The first kappa shape index (κ1) is 13.5. The summed E-state index contributed by atoms with van der Waals surface area (Å²) in [5.74, 6) is -0.856. The molecule has 4 atom stereocenters. The summed E-state index contributed by atoms with van der Waals surface area (Å²) in [5, 5.41) is 0. The van der Waals surface area contributed by atoms with Crippen LogP contribution in [0.5, 0.6) is 5.75 Å². The van der Waals surface area contributed by atoms with Crippen LogP contribution in [-0.4, -0.2) is 30.1 Å². The van der Waals surface area contributed by atoms with Crippen LogP contribution in [0.15, 0.2) is 36.4 Å². The minimum Gasteiger partial charge on any atom is -0.495 e. The number of anilines is 1. The van der Waals surface area contributed by atoms with Crippen molar-refractivity contribution in [1.82, 2.24) is 0 Å². The van der Waals surface area contributed by atoms with Crippen LogP contribution in [0, 0.1) is 11.8 Å². The molecule has 5 heteroatoms. The van der Waals surface area contributed by atoms with Crippen molar-refractivity contribution in [3.63, 3.8) is 0 Å². The Hall–Kier alpha value is -2.14. The van der Waals surface area contributed by atoms with Crippen molar-refractivity contribution in [1.29, 1.82) is 0 Å². The number of hydrogen-bond acceptors (Lipinski definition) is 4. The molecule has 3 aliphatic rings. The maximum absolute atomic E-state index is 12.9. The summed E-state index contributed by atoms with van der Waals surface area (Å²) in [7, 11) is 1.53. The third-order valence-corrected chi connectivity index (χ3v) is 5.05. The molecule has 0 aromatic heterocycles. The van der Waals surface area contributed by atoms with Gasteiger partial charge in [-0.05, 0) is 26.0 Å². The predicted octanol–water partition coefficient (Wildman–Crippen LogP) is 1.92. The Morgan fingerprint density at radius 1 is 1.05 bits per heavy atom. The van der Waals surface area contributed by atoms with Gasteiger partial charge in [0.25, 0.3) is 0 Å². The fourth-order valence-corrected chi connectivity index (χ4v) is 4.08. The minimum atomic E-state index is -0.705. The molecule has 3 heterocycles. The van der Waals surface area contributed by atoms with Crippen molar-refractivity contribution in [3.05, 3.63) is 36.4 Å². The van der Waals surface area contributed by atoms with Gasteiger partial charge in [-0.1, -0.05) is 24.3 Å². The van der Waals surface area contributed by atoms with Crippen molar-refractivity contribution in [3.8, 4) is 5.75 Å². The summed E-state index contributed by atoms with van der Waals surface area (Å²) in [5.41, 5.74) is -0.910. The molecule has 0 N–H and O–H groups in total. The van der Waals surface area contributed by atoms with E-state index in [9.17, 15) is 9.59 Å². The van der Waals surface area contributed by atoms with Crippen LogP contribution < -0.4 is 9.64 Å². The first-order chi connectivity index (χ1) is 10.4. The monoisotopic (exact) mass is 299 g/mol. The SMILES string of the molecule is COc1ccccc1N1C(=O)[C@@H]2[C@H](C1=O)[C@@]1(C)C=C[C@@]2(C)O1. The Bertz CT molecular complexity index is 691. The number of ether oxygens (including phenoxy) is 2. The van der Waals surface area contributed by atoms with Gasteiger partial charge in [-0.3, -0.25) is 9.59 Å². The van der Waals surface area contributed by atoms with E-state index in [0.717, 1.165) is 0 Å². The largest absolute Gasteiger partial charge is 0.495 e. The van der Waals surface area contributed by atoms with Crippen LogP contribution in [0.3, 0.4) is 0 Å². The first-order valence-corrected chi connectivity index (χ1v) is 7.33. The number of carbonyl (C=O) groups excluding carboxylic acids is 2. The second-order valence-corrected chi connectivity index (χ2v) is 6.44. The number of para-hydroxylation sites is 2. The van der Waals surface area contributed by atoms with Gasteiger partial charge in [0.1, 0.15) is 5.75 Å². The van der Waals surface area contributed by atoms with E-state index in [0.29, 0.717) is 11.4 Å². The van der Waals surface area contributed by atoms with Gasteiger partial charge in [-0.2, -0.15) is 0 Å². The second-order valence-electron chi connectivity index (χ2n) is 6.44. The molecule has 1 aromatic carbocycles. The number of nitrogens with zero attached hydrogens (tertiary/aromatic N) is 1. The van der Waals surface area contributed by atoms with E-state index >= 15 is 0 Å². The lowest BCUT2D eigenvalue weighted by atomic mass is 9.73. The molecule has 2 saturated heterocycles. The van der Waals surface area contributed by atoms with E-state index in [2.05, 4.69) is 0 Å². The van der Waals surface area contributed by atoms with Crippen molar-refractivity contribution >= 4 is 17.5 Å². The van der Waals surface area contributed by atoms with Crippen LogP contribution in [0.4, 0.5) is 5.69 Å². The normalized spacial score (nSPS) is 38.8. The Kier molecular flexibility index (Phi) is 2.45. The minimum absolute atomic E-state index is 0.213. The molecule has 3 aliphatic heterocycles. The number of hydrogen-bond donors (Lipinski definition) is 0. The lowest BCUT2D eigenvalue weighted by Gasteiger charge is -2.26. The summed E-state index contributed by atoms with van der Waals surface area (Å²) < 4.78 is 11.3. The number of carbonyl (C=O) groups is 2. The fraction of sp³-hybridized carbons (Fsp3) is 0.412. The molecule has 22 heavy (non-hydrogen) atoms. The number of rotatable bonds is 2. The molecule has 0 unspecified atom stereocenters. The predicted molar refractivity (Wildman–Crippen MR) is 79.5 cm³/mol. The zero-order valence-electron chi connectivity index (χ0n) is 12.7. The standard InChI is InChI=1S/C17H17NO4/c1-16-8-9-17(2,22-16)13-12(16)14(19)18(15(13)20)10-6-4-5-7-11(10)21-3/h4-9,12-13H,1-3H3/t12-,13+,16-,17-/m1/s1. The van der Waals surface area contributed by atoms with Crippen molar-refractivity contribution in [2.24, 2.45) is 11.8 Å². The molecule has 0 saturated carbocycles. The fourth-order valence-electron chi connectivity index (χ4n) is 4.08. The Morgan fingerprint density at radius 3 is 2.14 bits per heavy atom. The van der Waals surface area contributed by atoms with Crippen LogP contribution >= 0.6 is 0 Å². The molecule has 114 valence electrons. The van der Waals surface area contributed by atoms with Crippen LogP contribution in [0.1, 0.15) is 13.8 Å². The van der Waals surface area contributed by atoms with Crippen LogP contribution in [0.2, 0.25) is 0 Å². The zero-order chi connectivity index (χ0) is 15.7. The maximum atomic E-state index is 12.9. The number of benzene rings is 1. The quantitative estimate of drug-likeness (QED) is 0.618. The molecule has 5 nitrogen and oxygen atoms in total. The van der Waals surface area contributed by atoms with Crippen LogP contribution in [0.25, 0.3) is 0 Å². The highest BCUT2D eigenvalue weighted by molar-refractivity contribution is 6.24. The van der Waals surface area contributed by atoms with E-state index in [-0.39, 0.29) is 11.8 Å². The van der Waals surface area contributed by atoms with Crippen molar-refractivity contribution in [2.75, 3.05) is 12.0 Å². The van der Waals surface area contributed by atoms with E-state index < -0.39 is 23.0 Å². The number of fused-ring (bicyclic) bond motifs is 5. The van der Waals surface area contributed by atoms with Gasteiger partial charge in [0.15, 0.2) is 0 Å². The number of methoxy groups -OCH3 is 1. The van der Waals surface area contributed by atoms with Crippen molar-refractivity contribution < 1.29 is 19.1 Å². The highest BCUT2D eigenvalue weighted by Crippen LogP contribution is 2.57. The second kappa shape index (κ2) is 3.98. The van der Waals surface area contributed by atoms with Gasteiger partial charge in [-0.25, -0.2) is 4.90 Å². The molecule has 2 amide bonds. The van der Waals surface area contributed by atoms with E-state index in [4.69, 9.17) is 9.47 Å². The van der Waals surface area contributed by atoms with Gasteiger partial charge in [-0.15, -0.1) is 0 Å². The lowest BCUT2D eigenvalue weighted by Crippen LogP contribution is -2.39. The van der Waals surface area contributed by atoms with Gasteiger partial charge in [0, 0.05) is 0 Å². The molecule has 1 aromatic rings. The zero-order valence-corrected chi connectivity index (χ0v) is 12.7. The molecule has 0 aliphatic carbocycles. The van der Waals surface area contributed by atoms with E-state index in [1.807, 2.05) is 32.1 Å². The Balaban J connectivity index is 1.83. The summed E-state index contributed by atoms with van der Waals surface area (Å²) in [6, 6.07) is 7.08. The van der Waals surface area contributed by atoms with Gasteiger partial charge < -0.3 is 9.47 Å². The third-order valence-electron chi connectivity index (χ3n) is 5.05. The molecule has 0 spiro atoms. The number of imide groups is 1. The van der Waals surface area contributed by atoms with Crippen molar-refractivity contribution in [2.45, 2.75) is 25.0 Å². The highest BCUT2D eigenvalue weighted by atomic mass is 16.5. The Morgan fingerprint density at radius 2 is 1.59 bits per heavy atom. The van der Waals surface area contributed by atoms with Gasteiger partial charge in [0.05, 0.1) is 35.8 Å². The number of amides is 2. The topological polar surface area (TPSA) is 55.8 Å². The average molecular weight is 299 g/mol. The van der Waals surface area contributed by atoms with E-state index in [1.54, 1.807) is 18.2 Å². The molecular weight excluding hydrogens is 282 g/mol. The summed E-state index contributed by atoms with van der Waals surface area (Å²) in [6.45, 7) is 3.74. The van der Waals surface area contributed by atoms with Crippen LogP contribution in [-0.2, 0) is 14.3 Å².